The minimum Gasteiger partial charge on any atom is -0.467 e. The SMILES string of the molecule is Cc1ccc(N(C(=O)CNC(=O)c2cccs2)C(C(=O)NC2CCCCC2)c2ccco2)c(C)c1. The Bertz CT molecular complexity index is 1150. The Hall–Kier alpha value is -3.39. The minimum absolute atomic E-state index is 0.0725. The van der Waals surface area contributed by atoms with Crippen LogP contribution < -0.4 is 15.5 Å². The number of carbonyl (C=O) groups is 3. The third-order valence-electron chi connectivity index (χ3n) is 6.30. The number of nitrogens with one attached hydrogen (secondary N) is 2. The highest BCUT2D eigenvalue weighted by molar-refractivity contribution is 7.12. The molecule has 35 heavy (non-hydrogen) atoms. The van der Waals surface area contributed by atoms with Crippen LogP contribution in [0.2, 0.25) is 0 Å². The molecule has 1 saturated carbocycles. The van der Waals surface area contributed by atoms with E-state index in [2.05, 4.69) is 10.6 Å². The summed E-state index contributed by atoms with van der Waals surface area (Å²) in [5.74, 6) is -0.641. The van der Waals surface area contributed by atoms with E-state index < -0.39 is 11.9 Å². The van der Waals surface area contributed by atoms with Crippen LogP contribution in [-0.4, -0.2) is 30.3 Å². The van der Waals surface area contributed by atoms with Gasteiger partial charge >= 0.3 is 0 Å². The second-order valence-corrected chi connectivity index (χ2v) is 9.92. The molecule has 2 heterocycles. The van der Waals surface area contributed by atoms with Gasteiger partial charge in [-0.1, -0.05) is 43.0 Å². The molecule has 1 unspecified atom stereocenters. The van der Waals surface area contributed by atoms with Crippen LogP contribution >= 0.6 is 11.3 Å². The first-order chi connectivity index (χ1) is 16.9. The van der Waals surface area contributed by atoms with Crippen LogP contribution in [0.1, 0.15) is 64.7 Å². The van der Waals surface area contributed by atoms with Crippen molar-refractivity contribution in [2.75, 3.05) is 11.4 Å². The summed E-state index contributed by atoms with van der Waals surface area (Å²) in [6, 6.07) is 11.7. The van der Waals surface area contributed by atoms with Gasteiger partial charge in [0.1, 0.15) is 5.76 Å². The molecule has 0 radical (unpaired) electrons. The van der Waals surface area contributed by atoms with Gasteiger partial charge in [0.25, 0.3) is 11.8 Å². The van der Waals surface area contributed by atoms with Crippen LogP contribution in [0.15, 0.2) is 58.5 Å². The maximum Gasteiger partial charge on any atom is 0.261 e. The lowest BCUT2D eigenvalue weighted by atomic mass is 9.95. The fraction of sp³-hybridized carbons (Fsp3) is 0.370. The topological polar surface area (TPSA) is 91.7 Å². The summed E-state index contributed by atoms with van der Waals surface area (Å²) in [6.07, 6.45) is 6.66. The molecular weight excluding hydrogens is 462 g/mol. The Kier molecular flexibility index (Phi) is 8.02. The zero-order valence-corrected chi connectivity index (χ0v) is 20.9. The first kappa shape index (κ1) is 24.7. The molecule has 1 aliphatic carbocycles. The molecule has 1 aromatic carbocycles. The van der Waals surface area contributed by atoms with Crippen molar-refractivity contribution in [1.82, 2.24) is 10.6 Å². The Balaban J connectivity index is 1.66. The van der Waals surface area contributed by atoms with E-state index in [0.717, 1.165) is 36.8 Å². The molecule has 184 valence electrons. The summed E-state index contributed by atoms with van der Waals surface area (Å²) in [7, 11) is 0. The van der Waals surface area contributed by atoms with Gasteiger partial charge in [0.05, 0.1) is 17.7 Å². The molecule has 1 fully saturated rings. The highest BCUT2D eigenvalue weighted by Gasteiger charge is 2.36. The largest absolute Gasteiger partial charge is 0.467 e. The van der Waals surface area contributed by atoms with E-state index >= 15 is 0 Å². The quantitative estimate of drug-likeness (QED) is 0.466. The van der Waals surface area contributed by atoms with Crippen molar-refractivity contribution in [3.8, 4) is 0 Å². The predicted molar refractivity (Wildman–Crippen MR) is 137 cm³/mol. The number of furan rings is 1. The number of benzene rings is 1. The third-order valence-corrected chi connectivity index (χ3v) is 7.17. The Labute approximate surface area is 209 Å². The van der Waals surface area contributed by atoms with Gasteiger partial charge in [-0.05, 0) is 61.9 Å². The van der Waals surface area contributed by atoms with E-state index in [-0.39, 0.29) is 24.4 Å². The van der Waals surface area contributed by atoms with Crippen LogP contribution in [0, 0.1) is 13.8 Å². The van der Waals surface area contributed by atoms with Gasteiger partial charge in [-0.25, -0.2) is 0 Å². The normalized spacial score (nSPS) is 14.8. The number of aryl methyl sites for hydroxylation is 2. The molecule has 1 aliphatic rings. The molecule has 0 saturated heterocycles. The number of nitrogens with zero attached hydrogens (tertiary/aromatic N) is 1. The molecule has 4 rings (SSSR count). The van der Waals surface area contributed by atoms with Crippen molar-refractivity contribution in [1.29, 1.82) is 0 Å². The lowest BCUT2D eigenvalue weighted by Gasteiger charge is -2.33. The lowest BCUT2D eigenvalue weighted by Crippen LogP contribution is -2.49. The maximum atomic E-state index is 13.7. The summed E-state index contributed by atoms with van der Waals surface area (Å²) in [6.45, 7) is 3.63. The molecule has 0 spiro atoms. The average molecular weight is 494 g/mol. The molecule has 2 aromatic heterocycles. The van der Waals surface area contributed by atoms with Crippen molar-refractivity contribution in [2.24, 2.45) is 0 Å². The number of thiophene rings is 1. The van der Waals surface area contributed by atoms with Crippen LogP contribution in [0.4, 0.5) is 5.69 Å². The number of hydrogen-bond donors (Lipinski definition) is 2. The van der Waals surface area contributed by atoms with Crippen LogP contribution in [-0.2, 0) is 9.59 Å². The molecule has 0 bridgehead atoms. The Morgan fingerprint density at radius 3 is 2.54 bits per heavy atom. The number of amides is 3. The number of carbonyl (C=O) groups excluding carboxylic acids is 3. The van der Waals surface area contributed by atoms with Crippen LogP contribution in [0.5, 0.6) is 0 Å². The summed E-state index contributed by atoms with van der Waals surface area (Å²) >= 11 is 1.30. The van der Waals surface area contributed by atoms with Crippen LogP contribution in [0.3, 0.4) is 0 Å². The monoisotopic (exact) mass is 493 g/mol. The van der Waals surface area contributed by atoms with Crippen molar-refractivity contribution in [3.63, 3.8) is 0 Å². The van der Waals surface area contributed by atoms with Gasteiger partial charge in [-0.3, -0.25) is 19.3 Å². The first-order valence-electron chi connectivity index (χ1n) is 12.0. The van der Waals surface area contributed by atoms with Crippen molar-refractivity contribution in [3.05, 3.63) is 75.9 Å². The molecule has 2 N–H and O–H groups in total. The second-order valence-electron chi connectivity index (χ2n) is 8.98. The van der Waals surface area contributed by atoms with E-state index in [1.165, 1.54) is 28.9 Å². The minimum atomic E-state index is -1.00. The lowest BCUT2D eigenvalue weighted by molar-refractivity contribution is -0.127. The van der Waals surface area contributed by atoms with Crippen molar-refractivity contribution < 1.29 is 18.8 Å². The smallest absolute Gasteiger partial charge is 0.261 e. The van der Waals surface area contributed by atoms with E-state index in [4.69, 9.17) is 4.42 Å². The standard InChI is InChI=1S/C27H31N3O4S/c1-18-12-13-21(19(2)16-18)30(24(31)17-28-26(32)23-11-7-15-35-23)25(22-10-6-14-34-22)27(33)29-20-8-4-3-5-9-20/h6-7,10-16,20,25H,3-5,8-9,17H2,1-2H3,(H,28,32)(H,29,33). The van der Waals surface area contributed by atoms with E-state index in [1.807, 2.05) is 32.0 Å². The van der Waals surface area contributed by atoms with E-state index in [0.29, 0.717) is 16.3 Å². The molecular formula is C27H31N3O4S. The zero-order chi connectivity index (χ0) is 24.8. The Morgan fingerprint density at radius 1 is 1.09 bits per heavy atom. The summed E-state index contributed by atoms with van der Waals surface area (Å²) in [5.41, 5.74) is 2.50. The van der Waals surface area contributed by atoms with Gasteiger partial charge in [0.2, 0.25) is 5.91 Å². The average Bonchev–Trinajstić information content (AvgIpc) is 3.56. The van der Waals surface area contributed by atoms with Gasteiger partial charge in [0.15, 0.2) is 6.04 Å². The Morgan fingerprint density at radius 2 is 1.89 bits per heavy atom. The molecule has 3 aromatic rings. The van der Waals surface area contributed by atoms with Crippen molar-refractivity contribution >= 4 is 34.7 Å². The number of rotatable bonds is 8. The molecule has 3 amide bonds. The highest BCUT2D eigenvalue weighted by Crippen LogP contribution is 2.32. The predicted octanol–water partition coefficient (Wildman–Crippen LogP) is 4.91. The summed E-state index contributed by atoms with van der Waals surface area (Å²) in [5, 5.41) is 7.66. The number of hydrogen-bond acceptors (Lipinski definition) is 5. The number of anilines is 1. The molecule has 8 heteroatoms. The summed E-state index contributed by atoms with van der Waals surface area (Å²) < 4.78 is 5.67. The van der Waals surface area contributed by atoms with E-state index in [1.54, 1.807) is 29.6 Å². The summed E-state index contributed by atoms with van der Waals surface area (Å²) in [4.78, 5) is 41.8. The van der Waals surface area contributed by atoms with Gasteiger partial charge in [-0.15, -0.1) is 11.3 Å². The van der Waals surface area contributed by atoms with Crippen LogP contribution in [0.25, 0.3) is 0 Å². The maximum absolute atomic E-state index is 13.7. The highest BCUT2D eigenvalue weighted by atomic mass is 32.1. The fourth-order valence-corrected chi connectivity index (χ4v) is 5.22. The van der Waals surface area contributed by atoms with Crippen molar-refractivity contribution in [2.45, 2.75) is 58.0 Å². The van der Waals surface area contributed by atoms with Gasteiger partial charge < -0.3 is 15.1 Å². The molecule has 7 nitrogen and oxygen atoms in total. The third kappa shape index (κ3) is 6.00. The van der Waals surface area contributed by atoms with E-state index in [9.17, 15) is 14.4 Å². The van der Waals surface area contributed by atoms with Gasteiger partial charge in [0, 0.05) is 11.7 Å². The zero-order valence-electron chi connectivity index (χ0n) is 20.1. The fourth-order valence-electron chi connectivity index (χ4n) is 4.58. The first-order valence-corrected chi connectivity index (χ1v) is 12.9. The molecule has 1 atom stereocenters. The second kappa shape index (κ2) is 11.4. The molecule has 0 aliphatic heterocycles. The van der Waals surface area contributed by atoms with Gasteiger partial charge in [-0.2, -0.15) is 0 Å².